The molecule has 0 spiro atoms. The molecule has 1 aliphatic heterocycles. The lowest BCUT2D eigenvalue weighted by molar-refractivity contribution is -0.141. The van der Waals surface area contributed by atoms with Gasteiger partial charge in [0.15, 0.2) is 0 Å². The van der Waals surface area contributed by atoms with Crippen molar-refractivity contribution >= 4 is 11.7 Å². The summed E-state index contributed by atoms with van der Waals surface area (Å²) in [5.41, 5.74) is 4.18. The average Bonchev–Trinajstić information content (AvgIpc) is 2.80. The van der Waals surface area contributed by atoms with Crippen LogP contribution in [-0.2, 0) is 6.18 Å². The molecule has 0 aromatic carbocycles. The monoisotopic (exact) mass is 259 g/mol. The number of nitrogens with two attached hydrogens (primary N) is 1. The number of halogens is 3. The summed E-state index contributed by atoms with van der Waals surface area (Å²) in [6.07, 6.45) is -2.78. The van der Waals surface area contributed by atoms with Crippen LogP contribution in [0.4, 0.5) is 19.0 Å². The van der Waals surface area contributed by atoms with Crippen molar-refractivity contribution in [1.82, 2.24) is 4.98 Å². The van der Waals surface area contributed by atoms with E-state index in [0.717, 1.165) is 25.0 Å². The fourth-order valence-corrected chi connectivity index (χ4v) is 1.97. The zero-order valence-electron chi connectivity index (χ0n) is 9.50. The second-order valence-electron chi connectivity index (χ2n) is 4.12. The highest BCUT2D eigenvalue weighted by Gasteiger charge is 2.34. The molecule has 1 fully saturated rings. The number of alkyl halides is 3. The number of primary amides is 1. The first-order valence-electron chi connectivity index (χ1n) is 5.52. The zero-order chi connectivity index (χ0) is 13.3. The van der Waals surface area contributed by atoms with Crippen LogP contribution >= 0.6 is 0 Å². The van der Waals surface area contributed by atoms with Crippen molar-refractivity contribution in [1.29, 1.82) is 0 Å². The van der Waals surface area contributed by atoms with Gasteiger partial charge in [0, 0.05) is 13.1 Å². The van der Waals surface area contributed by atoms with E-state index in [1.807, 2.05) is 0 Å². The minimum absolute atomic E-state index is 0.0323. The van der Waals surface area contributed by atoms with Gasteiger partial charge in [0.2, 0.25) is 0 Å². The van der Waals surface area contributed by atoms with Gasteiger partial charge >= 0.3 is 6.18 Å². The molecule has 0 aliphatic carbocycles. The number of carbonyl (C=O) groups is 1. The molecule has 1 aromatic heterocycles. The molecule has 1 saturated heterocycles. The van der Waals surface area contributed by atoms with E-state index in [9.17, 15) is 18.0 Å². The zero-order valence-corrected chi connectivity index (χ0v) is 9.50. The normalized spacial score (nSPS) is 16.1. The number of pyridine rings is 1. The summed E-state index contributed by atoms with van der Waals surface area (Å²) >= 11 is 0. The van der Waals surface area contributed by atoms with Crippen LogP contribution in [0.25, 0.3) is 0 Å². The standard InChI is InChI=1S/C11H12F3N3O/c12-11(13,14)8-4-3-7(9(15)18)10(16-8)17-5-1-2-6-17/h3-4H,1-2,5-6H2,(H2,15,18). The molecule has 1 aromatic rings. The highest BCUT2D eigenvalue weighted by Crippen LogP contribution is 2.31. The van der Waals surface area contributed by atoms with Crippen LogP contribution in [-0.4, -0.2) is 24.0 Å². The first-order chi connectivity index (χ1) is 8.39. The third-order valence-electron chi connectivity index (χ3n) is 2.84. The van der Waals surface area contributed by atoms with E-state index in [2.05, 4.69) is 4.98 Å². The van der Waals surface area contributed by atoms with Crippen LogP contribution in [0.5, 0.6) is 0 Å². The van der Waals surface area contributed by atoms with Crippen LogP contribution in [0.3, 0.4) is 0 Å². The maximum Gasteiger partial charge on any atom is 0.433 e. The van der Waals surface area contributed by atoms with Gasteiger partial charge in [-0.1, -0.05) is 0 Å². The highest BCUT2D eigenvalue weighted by molar-refractivity contribution is 5.97. The summed E-state index contributed by atoms with van der Waals surface area (Å²) in [6.45, 7) is 1.18. The van der Waals surface area contributed by atoms with Crippen molar-refractivity contribution in [2.45, 2.75) is 19.0 Å². The predicted octanol–water partition coefficient (Wildman–Crippen LogP) is 1.80. The summed E-state index contributed by atoms with van der Waals surface area (Å²) in [6, 6.07) is 1.87. The molecule has 0 bridgehead atoms. The number of hydrogen-bond acceptors (Lipinski definition) is 3. The topological polar surface area (TPSA) is 59.2 Å². The molecule has 0 radical (unpaired) electrons. The lowest BCUT2D eigenvalue weighted by Gasteiger charge is -2.20. The lowest BCUT2D eigenvalue weighted by atomic mass is 10.2. The van der Waals surface area contributed by atoms with E-state index in [-0.39, 0.29) is 11.4 Å². The summed E-state index contributed by atoms with van der Waals surface area (Å²) in [4.78, 5) is 16.4. The fourth-order valence-electron chi connectivity index (χ4n) is 1.97. The van der Waals surface area contributed by atoms with Crippen LogP contribution in [0, 0.1) is 0 Å². The molecule has 2 rings (SSSR count). The molecule has 0 unspecified atom stereocenters. The molecule has 4 nitrogen and oxygen atoms in total. The van der Waals surface area contributed by atoms with Crippen molar-refractivity contribution in [3.8, 4) is 0 Å². The molecule has 2 heterocycles. The minimum atomic E-state index is -4.52. The molecule has 1 aliphatic rings. The lowest BCUT2D eigenvalue weighted by Crippen LogP contribution is -2.25. The molecule has 1 amide bonds. The Balaban J connectivity index is 2.47. The number of nitrogens with zero attached hydrogens (tertiary/aromatic N) is 2. The largest absolute Gasteiger partial charge is 0.433 e. The molecule has 0 saturated carbocycles. The first-order valence-corrected chi connectivity index (χ1v) is 5.52. The minimum Gasteiger partial charge on any atom is -0.365 e. The molecular weight excluding hydrogens is 247 g/mol. The van der Waals surface area contributed by atoms with E-state index >= 15 is 0 Å². The third kappa shape index (κ3) is 2.39. The van der Waals surface area contributed by atoms with Gasteiger partial charge in [0.1, 0.15) is 11.5 Å². The molecule has 18 heavy (non-hydrogen) atoms. The smallest absolute Gasteiger partial charge is 0.365 e. The number of carbonyl (C=O) groups excluding carboxylic acids is 1. The van der Waals surface area contributed by atoms with Gasteiger partial charge in [-0.3, -0.25) is 4.79 Å². The maximum atomic E-state index is 12.6. The van der Waals surface area contributed by atoms with Crippen molar-refractivity contribution < 1.29 is 18.0 Å². The Kier molecular flexibility index (Phi) is 3.14. The van der Waals surface area contributed by atoms with Gasteiger partial charge in [-0.05, 0) is 25.0 Å². The van der Waals surface area contributed by atoms with E-state index in [0.29, 0.717) is 13.1 Å². The maximum absolute atomic E-state index is 12.6. The second kappa shape index (κ2) is 4.47. The van der Waals surface area contributed by atoms with Gasteiger partial charge in [-0.2, -0.15) is 13.2 Å². The Hall–Kier alpha value is -1.79. The molecule has 0 atom stereocenters. The molecular formula is C11H12F3N3O. The summed E-state index contributed by atoms with van der Waals surface area (Å²) in [5, 5.41) is 0. The second-order valence-corrected chi connectivity index (χ2v) is 4.12. The number of aromatic nitrogens is 1. The summed E-state index contributed by atoms with van der Waals surface area (Å²) in [5.74, 6) is -0.729. The van der Waals surface area contributed by atoms with Crippen LogP contribution < -0.4 is 10.6 Å². The van der Waals surface area contributed by atoms with Gasteiger partial charge in [0.05, 0.1) is 5.56 Å². The SMILES string of the molecule is NC(=O)c1ccc(C(F)(F)F)nc1N1CCCC1. The summed E-state index contributed by atoms with van der Waals surface area (Å²) < 4.78 is 37.8. The van der Waals surface area contributed by atoms with Crippen LogP contribution in [0.2, 0.25) is 0 Å². The number of hydrogen-bond donors (Lipinski definition) is 1. The number of rotatable bonds is 2. The Morgan fingerprint density at radius 1 is 1.28 bits per heavy atom. The molecule has 7 heteroatoms. The quantitative estimate of drug-likeness (QED) is 0.881. The van der Waals surface area contributed by atoms with Gasteiger partial charge in [-0.25, -0.2) is 4.98 Å². The Morgan fingerprint density at radius 2 is 1.89 bits per heavy atom. The van der Waals surface area contributed by atoms with Crippen molar-refractivity contribution in [3.05, 3.63) is 23.4 Å². The average molecular weight is 259 g/mol. The van der Waals surface area contributed by atoms with Crippen molar-refractivity contribution in [2.75, 3.05) is 18.0 Å². The number of anilines is 1. The van der Waals surface area contributed by atoms with Gasteiger partial charge < -0.3 is 10.6 Å². The van der Waals surface area contributed by atoms with E-state index < -0.39 is 17.8 Å². The number of amides is 1. The van der Waals surface area contributed by atoms with Gasteiger partial charge in [0.25, 0.3) is 5.91 Å². The van der Waals surface area contributed by atoms with Crippen LogP contribution in [0.1, 0.15) is 28.9 Å². The Labute approximate surface area is 102 Å². The highest BCUT2D eigenvalue weighted by atomic mass is 19.4. The Morgan fingerprint density at radius 3 is 2.39 bits per heavy atom. The first kappa shape index (κ1) is 12.7. The fraction of sp³-hybridized carbons (Fsp3) is 0.455. The Bertz CT molecular complexity index is 467. The van der Waals surface area contributed by atoms with Gasteiger partial charge in [-0.15, -0.1) is 0 Å². The van der Waals surface area contributed by atoms with Crippen molar-refractivity contribution in [3.63, 3.8) is 0 Å². The third-order valence-corrected chi connectivity index (χ3v) is 2.84. The predicted molar refractivity (Wildman–Crippen MR) is 59.2 cm³/mol. The van der Waals surface area contributed by atoms with Crippen LogP contribution in [0.15, 0.2) is 12.1 Å². The van der Waals surface area contributed by atoms with E-state index in [1.54, 1.807) is 4.90 Å². The van der Waals surface area contributed by atoms with Crippen molar-refractivity contribution in [2.24, 2.45) is 5.73 Å². The molecule has 98 valence electrons. The molecule has 2 N–H and O–H groups in total. The summed E-state index contributed by atoms with van der Waals surface area (Å²) in [7, 11) is 0. The van der Waals surface area contributed by atoms with E-state index in [4.69, 9.17) is 5.73 Å². The van der Waals surface area contributed by atoms with E-state index in [1.165, 1.54) is 0 Å².